The molecule has 4 aliphatic rings. The maximum atomic E-state index is 13.5. The Morgan fingerprint density at radius 3 is 2.74 bits per heavy atom. The molecule has 8 rings (SSSR count). The molecule has 0 unspecified atom stereocenters. The van der Waals surface area contributed by atoms with Gasteiger partial charge in [-0.25, -0.2) is 15.0 Å². The first-order valence-electron chi connectivity index (χ1n) is 15.6. The van der Waals surface area contributed by atoms with E-state index in [9.17, 15) is 9.59 Å². The number of nitrogens with two attached hydrogens (primary N) is 1. The van der Waals surface area contributed by atoms with E-state index in [1.807, 2.05) is 35.6 Å². The predicted molar refractivity (Wildman–Crippen MR) is 159 cm³/mol. The van der Waals surface area contributed by atoms with Crippen molar-refractivity contribution in [3.8, 4) is 11.5 Å². The highest BCUT2D eigenvalue weighted by molar-refractivity contribution is 5.97. The van der Waals surface area contributed by atoms with E-state index in [2.05, 4.69) is 22.0 Å². The number of carbonyl (C=O) groups excluding carboxylic acids is 2. The molecule has 7 heterocycles. The number of nitrogens with zero attached hydrogens (tertiary/aromatic N) is 6. The molecule has 3 N–H and O–H groups in total. The number of hydrogen-bond acceptors (Lipinski definition) is 6. The molecule has 0 aromatic carbocycles. The number of nitrogens with one attached hydrogen (secondary N) is 1. The van der Waals surface area contributed by atoms with Crippen molar-refractivity contribution >= 4 is 34.0 Å². The summed E-state index contributed by atoms with van der Waals surface area (Å²) in [5.41, 5.74) is 11.1. The fraction of sp³-hybridized carbons (Fsp3) is 0.531. The van der Waals surface area contributed by atoms with E-state index in [0.29, 0.717) is 17.0 Å². The van der Waals surface area contributed by atoms with Gasteiger partial charge in [-0.05, 0) is 75.6 Å². The van der Waals surface area contributed by atoms with Gasteiger partial charge in [0, 0.05) is 49.2 Å². The summed E-state index contributed by atoms with van der Waals surface area (Å²) >= 11 is 0. The number of aryl methyl sites for hydroxylation is 2. The summed E-state index contributed by atoms with van der Waals surface area (Å²) in [6, 6.07) is 8.41. The molecule has 2 saturated heterocycles. The summed E-state index contributed by atoms with van der Waals surface area (Å²) in [4.78, 5) is 43.2. The van der Waals surface area contributed by atoms with Gasteiger partial charge < -0.3 is 25.1 Å². The van der Waals surface area contributed by atoms with Gasteiger partial charge >= 0.3 is 0 Å². The Bertz CT molecular complexity index is 1740. The van der Waals surface area contributed by atoms with Gasteiger partial charge in [0.05, 0.1) is 23.0 Å². The van der Waals surface area contributed by atoms with Crippen LogP contribution in [-0.4, -0.2) is 58.9 Å². The van der Waals surface area contributed by atoms with E-state index in [4.69, 9.17) is 20.7 Å². The lowest BCUT2D eigenvalue weighted by atomic mass is 9.97. The van der Waals surface area contributed by atoms with Gasteiger partial charge in [0.25, 0.3) is 5.91 Å². The van der Waals surface area contributed by atoms with E-state index in [1.165, 1.54) is 0 Å². The molecule has 1 saturated carbocycles. The van der Waals surface area contributed by atoms with Crippen LogP contribution in [0.4, 0.5) is 0 Å². The SMILES string of the molecule is C[C@H]1NC(=O)[C@@H]2C[C@H]2CCCCCn2c(-c3nc4cc(C(=O)N5[C@H]6CC[C@@H]5[C@H](N)C6)cnc4n3C)cc3ccc1nc32. The topological polar surface area (TPSA) is 124 Å². The average Bonchev–Trinajstić information content (AvgIpc) is 3.21. The molecule has 0 spiro atoms. The summed E-state index contributed by atoms with van der Waals surface area (Å²) in [5.74, 6) is 1.66. The van der Waals surface area contributed by atoms with Crippen LogP contribution in [0.1, 0.15) is 80.4 Å². The van der Waals surface area contributed by atoms with Gasteiger partial charge in [-0.1, -0.05) is 12.8 Å². The normalized spacial score (nSPS) is 29.2. The zero-order valence-corrected chi connectivity index (χ0v) is 24.3. The minimum atomic E-state index is -0.158. The van der Waals surface area contributed by atoms with Crippen molar-refractivity contribution in [3.63, 3.8) is 0 Å². The molecule has 3 fully saturated rings. The molecule has 2 amide bonds. The monoisotopic (exact) mass is 566 g/mol. The Hall–Kier alpha value is -3.79. The second kappa shape index (κ2) is 9.62. The molecule has 42 heavy (non-hydrogen) atoms. The first-order valence-corrected chi connectivity index (χ1v) is 15.6. The summed E-state index contributed by atoms with van der Waals surface area (Å²) < 4.78 is 4.29. The van der Waals surface area contributed by atoms with Crippen LogP contribution in [0.2, 0.25) is 0 Å². The van der Waals surface area contributed by atoms with Crippen molar-refractivity contribution in [1.82, 2.24) is 34.3 Å². The largest absolute Gasteiger partial charge is 0.348 e. The van der Waals surface area contributed by atoms with Crippen LogP contribution in [0.25, 0.3) is 33.7 Å². The van der Waals surface area contributed by atoms with Crippen molar-refractivity contribution < 1.29 is 9.59 Å². The highest BCUT2D eigenvalue weighted by Crippen LogP contribution is 2.43. The smallest absolute Gasteiger partial charge is 0.256 e. The summed E-state index contributed by atoms with van der Waals surface area (Å²) in [6.07, 6.45) is 9.98. The number of hydrogen-bond donors (Lipinski definition) is 2. The van der Waals surface area contributed by atoms with Gasteiger partial charge in [-0.3, -0.25) is 9.59 Å². The van der Waals surface area contributed by atoms with Crippen molar-refractivity contribution in [2.45, 2.75) is 89.0 Å². The molecule has 10 heteroatoms. The zero-order valence-electron chi connectivity index (χ0n) is 24.3. The fourth-order valence-electron chi connectivity index (χ4n) is 7.85. The van der Waals surface area contributed by atoms with Crippen LogP contribution in [0.15, 0.2) is 30.5 Å². The van der Waals surface area contributed by atoms with Crippen LogP contribution >= 0.6 is 0 Å². The molecule has 10 nitrogen and oxygen atoms in total. The molecule has 4 aromatic rings. The van der Waals surface area contributed by atoms with Crippen LogP contribution in [0.5, 0.6) is 0 Å². The van der Waals surface area contributed by atoms with E-state index in [-0.39, 0.29) is 41.9 Å². The lowest BCUT2D eigenvalue weighted by molar-refractivity contribution is -0.123. The van der Waals surface area contributed by atoms with Crippen molar-refractivity contribution in [1.29, 1.82) is 0 Å². The van der Waals surface area contributed by atoms with Crippen LogP contribution in [0, 0.1) is 11.8 Å². The summed E-state index contributed by atoms with van der Waals surface area (Å²) in [7, 11) is 1.98. The number of amides is 2. The lowest BCUT2D eigenvalue weighted by Gasteiger charge is -2.22. The fourth-order valence-corrected chi connectivity index (χ4v) is 7.85. The van der Waals surface area contributed by atoms with Gasteiger partial charge in [-0.15, -0.1) is 0 Å². The second-order valence-corrected chi connectivity index (χ2v) is 13.0. The number of rotatable bonds is 2. The first kappa shape index (κ1) is 25.9. The highest BCUT2D eigenvalue weighted by atomic mass is 16.2. The molecule has 218 valence electrons. The second-order valence-electron chi connectivity index (χ2n) is 13.0. The van der Waals surface area contributed by atoms with Gasteiger partial charge in [0.15, 0.2) is 11.5 Å². The minimum absolute atomic E-state index is 0.00906. The Balaban J connectivity index is 1.17. The maximum absolute atomic E-state index is 13.5. The van der Waals surface area contributed by atoms with Crippen molar-refractivity contribution in [3.05, 3.63) is 41.7 Å². The molecule has 0 radical (unpaired) electrons. The van der Waals surface area contributed by atoms with Crippen molar-refractivity contribution in [2.24, 2.45) is 24.6 Å². The number of aromatic nitrogens is 5. The number of imidazole rings is 1. The quantitative estimate of drug-likeness (QED) is 0.377. The van der Waals surface area contributed by atoms with Crippen molar-refractivity contribution in [2.75, 3.05) is 0 Å². The average molecular weight is 567 g/mol. The third-order valence-corrected chi connectivity index (χ3v) is 10.3. The molecular weight excluding hydrogens is 528 g/mol. The zero-order chi connectivity index (χ0) is 28.7. The van der Waals surface area contributed by atoms with E-state index in [1.54, 1.807) is 6.20 Å². The molecule has 3 aliphatic heterocycles. The lowest BCUT2D eigenvalue weighted by Crippen LogP contribution is -2.40. The third-order valence-electron chi connectivity index (χ3n) is 10.3. The van der Waals surface area contributed by atoms with E-state index >= 15 is 0 Å². The number of pyridine rings is 2. The van der Waals surface area contributed by atoms with Crippen LogP contribution in [0.3, 0.4) is 0 Å². The molecule has 4 aromatic heterocycles. The van der Waals surface area contributed by atoms with Crippen LogP contribution < -0.4 is 11.1 Å². The maximum Gasteiger partial charge on any atom is 0.256 e. The van der Waals surface area contributed by atoms with Gasteiger partial charge in [-0.2, -0.15) is 0 Å². The van der Waals surface area contributed by atoms with Crippen LogP contribution in [-0.2, 0) is 18.4 Å². The number of carbonyl (C=O) groups is 2. The third kappa shape index (κ3) is 4.06. The summed E-state index contributed by atoms with van der Waals surface area (Å²) in [6.45, 7) is 2.85. The Labute approximate surface area is 244 Å². The first-order chi connectivity index (χ1) is 20.4. The van der Waals surface area contributed by atoms with Gasteiger partial charge in [0.1, 0.15) is 11.2 Å². The minimum Gasteiger partial charge on any atom is -0.348 e. The summed E-state index contributed by atoms with van der Waals surface area (Å²) in [5, 5.41) is 4.25. The van der Waals surface area contributed by atoms with E-state index in [0.717, 1.165) is 91.8 Å². The van der Waals surface area contributed by atoms with Gasteiger partial charge in [0.2, 0.25) is 5.91 Å². The number of fused-ring (bicyclic) bond motifs is 5. The standard InChI is InChI=1S/C32H38N8O2/c1-17-24-9-7-19-14-27(39(28(19)36-24)11-5-3-4-6-18-12-22(18)31(41)35-17)30-37-25-13-20(16-34-29(25)38(30)2)32(42)40-21-8-10-26(40)23(33)15-21/h7,9,13-14,16-18,21-23,26H,3-6,8,10-12,15,33H2,1-2H3,(H,35,41)/t17-,18-,21+,22-,23-,26-/m1/s1. The molecule has 4 bridgehead atoms. The molecular formula is C32H38N8O2. The Morgan fingerprint density at radius 2 is 1.93 bits per heavy atom. The Morgan fingerprint density at radius 1 is 1.05 bits per heavy atom. The van der Waals surface area contributed by atoms with E-state index < -0.39 is 0 Å². The molecule has 6 atom stereocenters. The predicted octanol–water partition coefficient (Wildman–Crippen LogP) is 4.08. The Kier molecular flexibility index (Phi) is 5.93. The highest BCUT2D eigenvalue weighted by Gasteiger charge is 2.47. The molecule has 1 aliphatic carbocycles.